The number of phenols is 1. The zero-order valence-electron chi connectivity index (χ0n) is 34.8. The van der Waals surface area contributed by atoms with Crippen LogP contribution in [0.5, 0.6) is 11.5 Å². The maximum Gasteiger partial charge on any atom is 0.161 e. The van der Waals surface area contributed by atoms with E-state index in [4.69, 9.17) is 14.9 Å². The van der Waals surface area contributed by atoms with Crippen LogP contribution in [0.15, 0.2) is 65.1 Å². The van der Waals surface area contributed by atoms with Crippen LogP contribution in [0.3, 0.4) is 0 Å². The predicted octanol–water partition coefficient (Wildman–Crippen LogP) is 7.71. The zero-order chi connectivity index (χ0) is 41.3. The number of ether oxygens (including phenoxy) is 1. The second-order valence-electron chi connectivity index (χ2n) is 17.7. The van der Waals surface area contributed by atoms with Gasteiger partial charge in [0.1, 0.15) is 24.2 Å². The van der Waals surface area contributed by atoms with Crippen molar-refractivity contribution in [1.82, 2.24) is 10.3 Å². The molecule has 2 aromatic heterocycles. The summed E-state index contributed by atoms with van der Waals surface area (Å²) in [4.78, 5) is 3.53. The van der Waals surface area contributed by atoms with Crippen LogP contribution in [0.1, 0.15) is 140 Å². The number of furan rings is 1. The maximum atomic E-state index is 11.3. The van der Waals surface area contributed by atoms with Crippen LogP contribution < -0.4 is 15.8 Å². The second kappa shape index (κ2) is 20.6. The number of aromatic hydroxyl groups is 1. The number of aliphatic hydroxyl groups excluding tert-OH is 4. The Morgan fingerprint density at radius 1 is 0.966 bits per heavy atom. The number of aryl methyl sites for hydroxylation is 4. The van der Waals surface area contributed by atoms with Crippen LogP contribution in [-0.4, -0.2) is 62.4 Å². The van der Waals surface area contributed by atoms with Gasteiger partial charge in [-0.3, -0.25) is 0 Å². The first-order valence-corrected chi connectivity index (χ1v) is 22.3. The smallest absolute Gasteiger partial charge is 0.161 e. The standard InChI is InChI=1S/C49H67N3O7/c1-31(54)27-51-28-42-39-13-8-10-33(39)19-21-43-41(42)26-44(52-43)46(56)30-58-48-23-32(16-22-45(48)55)15-20-38-25-36(29-53)47(59-38)14-5-3-2-4-11-37(50)24-35-18-17-34-9-6-7-12-40(34)49(35)57/h6-7,9,12,16-18,22-23,25-26,31,33,35,37,39,42,46,49,51-57H,2-5,8,10-11,13-15,19-21,24,27-30,50H2,1H3. The summed E-state index contributed by atoms with van der Waals surface area (Å²) in [6.45, 7) is 3.11. The first-order valence-electron chi connectivity index (χ1n) is 22.3. The number of nitrogens with one attached hydrogen (secondary N) is 2. The van der Waals surface area contributed by atoms with Crippen molar-refractivity contribution in [3.8, 4) is 11.5 Å². The number of unbranched alkanes of at least 4 members (excludes halogenated alkanes) is 3. The third-order valence-electron chi connectivity index (χ3n) is 13.3. The van der Waals surface area contributed by atoms with Crippen molar-refractivity contribution in [2.45, 2.75) is 134 Å². The van der Waals surface area contributed by atoms with Crippen LogP contribution in [-0.2, 0) is 32.3 Å². The lowest BCUT2D eigenvalue weighted by atomic mass is 9.80. The number of phenolic OH excluding ortho intramolecular Hbond substituents is 1. The van der Waals surface area contributed by atoms with Gasteiger partial charge < -0.3 is 50.7 Å². The number of hydrogen-bond acceptors (Lipinski definition) is 9. The number of benzene rings is 2. The van der Waals surface area contributed by atoms with Crippen molar-refractivity contribution in [3.05, 3.63) is 111 Å². The molecule has 8 unspecified atom stereocenters. The zero-order valence-corrected chi connectivity index (χ0v) is 34.8. The van der Waals surface area contributed by atoms with Crippen molar-refractivity contribution in [3.63, 3.8) is 0 Å². The summed E-state index contributed by atoms with van der Waals surface area (Å²) >= 11 is 0. The number of aromatic amines is 1. The quantitative estimate of drug-likeness (QED) is 0.0392. The second-order valence-corrected chi connectivity index (χ2v) is 17.7. The number of aliphatic hydroxyl groups is 4. The Morgan fingerprint density at radius 2 is 1.81 bits per heavy atom. The fourth-order valence-electron chi connectivity index (χ4n) is 10.0. The Bertz CT molecular complexity index is 1970. The molecule has 9 N–H and O–H groups in total. The Kier molecular flexibility index (Phi) is 15.1. The SMILES string of the molecule is CC(O)CNCC1c2cc(C(O)COc3cc(CCc4cc(CO)c(CCCCCCC(N)CC5C=Cc6ccccc6C5O)o4)ccc3O)[nH]c2CCC2CCCC21. The Balaban J connectivity index is 0.851. The maximum absolute atomic E-state index is 11.3. The van der Waals surface area contributed by atoms with E-state index in [1.54, 1.807) is 13.0 Å². The minimum absolute atomic E-state index is 0.000736. The van der Waals surface area contributed by atoms with E-state index in [1.165, 1.54) is 30.5 Å². The first-order chi connectivity index (χ1) is 28.7. The van der Waals surface area contributed by atoms with Gasteiger partial charge in [0.2, 0.25) is 0 Å². The molecule has 1 saturated carbocycles. The summed E-state index contributed by atoms with van der Waals surface area (Å²) in [5.41, 5.74) is 13.6. The molecular weight excluding hydrogens is 743 g/mol. The predicted molar refractivity (Wildman–Crippen MR) is 231 cm³/mol. The average Bonchev–Trinajstić information content (AvgIpc) is 3.97. The molecule has 4 aromatic rings. The number of hydrogen-bond donors (Lipinski definition) is 8. The summed E-state index contributed by atoms with van der Waals surface area (Å²) < 4.78 is 12.3. The van der Waals surface area contributed by atoms with Gasteiger partial charge in [-0.25, -0.2) is 0 Å². The molecule has 2 aromatic carbocycles. The third kappa shape index (κ3) is 11.1. The molecule has 59 heavy (non-hydrogen) atoms. The number of aromatic nitrogens is 1. The third-order valence-corrected chi connectivity index (χ3v) is 13.3. The molecule has 2 heterocycles. The van der Waals surface area contributed by atoms with E-state index in [-0.39, 0.29) is 30.9 Å². The summed E-state index contributed by atoms with van der Waals surface area (Å²) in [7, 11) is 0. The molecule has 7 rings (SSSR count). The van der Waals surface area contributed by atoms with Crippen LogP contribution in [0, 0.1) is 17.8 Å². The van der Waals surface area contributed by atoms with Gasteiger partial charge in [-0.05, 0) is 110 Å². The van der Waals surface area contributed by atoms with Gasteiger partial charge >= 0.3 is 0 Å². The van der Waals surface area contributed by atoms with Gasteiger partial charge in [0.15, 0.2) is 11.5 Å². The number of rotatable bonds is 21. The van der Waals surface area contributed by atoms with E-state index in [0.717, 1.165) is 110 Å². The summed E-state index contributed by atoms with van der Waals surface area (Å²) in [6, 6.07) is 17.4. The molecule has 10 heteroatoms. The topological polar surface area (TPSA) is 177 Å². The van der Waals surface area contributed by atoms with Gasteiger partial charge in [0.05, 0.1) is 18.8 Å². The van der Waals surface area contributed by atoms with Gasteiger partial charge in [-0.15, -0.1) is 0 Å². The Morgan fingerprint density at radius 3 is 2.66 bits per heavy atom. The fraction of sp³-hybridized carbons (Fsp3) is 0.551. The normalized spacial score (nSPS) is 22.6. The van der Waals surface area contributed by atoms with E-state index < -0.39 is 18.3 Å². The van der Waals surface area contributed by atoms with E-state index >= 15 is 0 Å². The van der Waals surface area contributed by atoms with Crippen molar-refractivity contribution >= 4 is 6.08 Å². The van der Waals surface area contributed by atoms with Crippen LogP contribution in [0.25, 0.3) is 6.08 Å². The highest BCUT2D eigenvalue weighted by atomic mass is 16.5. The van der Waals surface area contributed by atoms with Crippen LogP contribution in [0.4, 0.5) is 0 Å². The van der Waals surface area contributed by atoms with E-state index in [1.807, 2.05) is 42.5 Å². The van der Waals surface area contributed by atoms with E-state index in [9.17, 15) is 25.5 Å². The van der Waals surface area contributed by atoms with E-state index in [0.29, 0.717) is 37.0 Å². The molecule has 0 bridgehead atoms. The Labute approximate surface area is 349 Å². The highest BCUT2D eigenvalue weighted by molar-refractivity contribution is 5.57. The largest absolute Gasteiger partial charge is 0.504 e. The number of H-pyrrole nitrogens is 1. The molecule has 0 amide bonds. The molecule has 3 aliphatic rings. The van der Waals surface area contributed by atoms with Crippen LogP contribution >= 0.6 is 0 Å². The summed E-state index contributed by atoms with van der Waals surface area (Å²) in [6.07, 6.45) is 16.2. The molecule has 0 aliphatic heterocycles. The molecule has 320 valence electrons. The number of nitrogens with two attached hydrogens (primary N) is 1. The molecule has 1 fully saturated rings. The fourth-order valence-corrected chi connectivity index (χ4v) is 10.0. The average molecular weight is 810 g/mol. The lowest BCUT2D eigenvalue weighted by Crippen LogP contribution is -2.32. The summed E-state index contributed by atoms with van der Waals surface area (Å²) in [5.74, 6) is 3.72. The van der Waals surface area contributed by atoms with Gasteiger partial charge in [-0.2, -0.15) is 0 Å². The molecular formula is C49H67N3O7. The molecule has 10 nitrogen and oxygen atoms in total. The summed E-state index contributed by atoms with van der Waals surface area (Å²) in [5, 5.41) is 56.2. The van der Waals surface area contributed by atoms with Crippen molar-refractivity contribution in [2.75, 3.05) is 19.7 Å². The minimum atomic E-state index is -0.885. The van der Waals surface area contributed by atoms with Crippen LogP contribution in [0.2, 0.25) is 0 Å². The monoisotopic (exact) mass is 809 g/mol. The molecule has 0 spiro atoms. The highest BCUT2D eigenvalue weighted by Gasteiger charge is 2.38. The molecule has 0 saturated heterocycles. The van der Waals surface area contributed by atoms with Crippen molar-refractivity contribution < 1.29 is 34.7 Å². The van der Waals surface area contributed by atoms with Crippen molar-refractivity contribution in [1.29, 1.82) is 0 Å². The first kappa shape index (κ1) is 43.2. The molecule has 3 aliphatic carbocycles. The van der Waals surface area contributed by atoms with Gasteiger partial charge in [-0.1, -0.05) is 74.6 Å². The highest BCUT2D eigenvalue weighted by Crippen LogP contribution is 2.47. The number of fused-ring (bicyclic) bond motifs is 3. The van der Waals surface area contributed by atoms with Crippen molar-refractivity contribution in [2.24, 2.45) is 23.5 Å². The molecule has 0 radical (unpaired) electrons. The van der Waals surface area contributed by atoms with E-state index in [2.05, 4.69) is 28.5 Å². The Hall–Kier alpha value is -3.90. The lowest BCUT2D eigenvalue weighted by molar-refractivity contribution is 0.103. The van der Waals surface area contributed by atoms with Gasteiger partial charge in [0, 0.05) is 60.8 Å². The lowest BCUT2D eigenvalue weighted by Gasteiger charge is -2.27. The minimum Gasteiger partial charge on any atom is -0.504 e. The van der Waals surface area contributed by atoms with Gasteiger partial charge in [0.25, 0.3) is 0 Å². The molecule has 8 atom stereocenters.